The molecule has 5 nitrogen and oxygen atoms in total. The molecule has 2 heterocycles. The van der Waals surface area contributed by atoms with Crippen LogP contribution in [0.2, 0.25) is 0 Å². The third kappa shape index (κ3) is 4.98. The molecule has 0 saturated heterocycles. The topological polar surface area (TPSA) is 67.8 Å². The number of carbonyl (C=O) groups excluding carboxylic acids is 1. The number of rotatable bonds is 5. The fraction of sp³-hybridized carbons (Fsp3) is 0.429. The van der Waals surface area contributed by atoms with Crippen LogP contribution >= 0.6 is 11.3 Å². The van der Waals surface area contributed by atoms with E-state index in [1.54, 1.807) is 5.51 Å². The van der Waals surface area contributed by atoms with Crippen LogP contribution in [0.5, 0.6) is 0 Å². The third-order valence-electron chi connectivity index (χ3n) is 3.06. The molecule has 2 aromatic rings. The number of aryl methyl sites for hydroxylation is 3. The first-order valence-electron chi connectivity index (χ1n) is 6.83. The fourth-order valence-corrected chi connectivity index (χ4v) is 2.69. The molecule has 0 aliphatic heterocycles. The van der Waals surface area contributed by atoms with Gasteiger partial charge in [0.1, 0.15) is 11.5 Å². The van der Waals surface area contributed by atoms with E-state index in [4.69, 9.17) is 0 Å². The average Bonchev–Trinajstić information content (AvgIpc) is 2.87. The Morgan fingerprint density at radius 1 is 1.30 bits per heavy atom. The number of alkyl halides is 3. The van der Waals surface area contributed by atoms with Gasteiger partial charge in [-0.1, -0.05) is 0 Å². The van der Waals surface area contributed by atoms with Crippen LogP contribution in [0, 0.1) is 13.8 Å². The summed E-state index contributed by atoms with van der Waals surface area (Å²) in [7, 11) is 0. The number of halogens is 3. The Morgan fingerprint density at radius 2 is 2.04 bits per heavy atom. The van der Waals surface area contributed by atoms with E-state index in [-0.39, 0.29) is 30.4 Å². The Hall–Kier alpha value is -2.03. The summed E-state index contributed by atoms with van der Waals surface area (Å²) in [5.74, 6) is -0.323. The molecule has 1 amide bonds. The van der Waals surface area contributed by atoms with E-state index >= 15 is 0 Å². The molecule has 0 aromatic carbocycles. The second-order valence-corrected chi connectivity index (χ2v) is 5.89. The maximum atomic E-state index is 12.7. The maximum absolute atomic E-state index is 12.7. The van der Waals surface area contributed by atoms with E-state index in [1.807, 2.05) is 6.92 Å². The van der Waals surface area contributed by atoms with Crippen LogP contribution in [-0.2, 0) is 23.9 Å². The monoisotopic (exact) mass is 344 g/mol. The molecule has 23 heavy (non-hydrogen) atoms. The van der Waals surface area contributed by atoms with Gasteiger partial charge < -0.3 is 5.32 Å². The van der Waals surface area contributed by atoms with Crippen molar-refractivity contribution in [3.05, 3.63) is 39.4 Å². The predicted molar refractivity (Wildman–Crippen MR) is 78.8 cm³/mol. The quantitative estimate of drug-likeness (QED) is 0.906. The Morgan fingerprint density at radius 3 is 2.65 bits per heavy atom. The minimum absolute atomic E-state index is 0.0559. The van der Waals surface area contributed by atoms with E-state index in [0.717, 1.165) is 16.6 Å². The number of carbonyl (C=O) groups is 1. The molecule has 2 rings (SSSR count). The van der Waals surface area contributed by atoms with Crippen molar-refractivity contribution in [1.82, 2.24) is 20.3 Å². The van der Waals surface area contributed by atoms with Gasteiger partial charge >= 0.3 is 6.18 Å². The van der Waals surface area contributed by atoms with Crippen molar-refractivity contribution in [3.63, 3.8) is 0 Å². The van der Waals surface area contributed by atoms with Gasteiger partial charge in [-0.05, 0) is 26.3 Å². The van der Waals surface area contributed by atoms with Crippen molar-refractivity contribution < 1.29 is 18.0 Å². The molecule has 0 aliphatic carbocycles. The summed E-state index contributed by atoms with van der Waals surface area (Å²) in [6, 6.07) is 0.873. The van der Waals surface area contributed by atoms with Gasteiger partial charge in [0.15, 0.2) is 0 Å². The number of aromatic nitrogens is 3. The van der Waals surface area contributed by atoms with Crippen molar-refractivity contribution in [1.29, 1.82) is 0 Å². The number of thiazole rings is 1. The van der Waals surface area contributed by atoms with E-state index in [9.17, 15) is 18.0 Å². The molecule has 0 spiro atoms. The highest BCUT2D eigenvalue weighted by Gasteiger charge is 2.33. The zero-order valence-corrected chi connectivity index (χ0v) is 13.4. The highest BCUT2D eigenvalue weighted by atomic mass is 32.1. The third-order valence-corrected chi connectivity index (χ3v) is 4.05. The zero-order chi connectivity index (χ0) is 17.0. The molecule has 0 fully saturated rings. The highest BCUT2D eigenvalue weighted by Crippen LogP contribution is 2.27. The van der Waals surface area contributed by atoms with Gasteiger partial charge in [-0.25, -0.2) is 15.0 Å². The molecular formula is C14H15F3N4OS. The van der Waals surface area contributed by atoms with Gasteiger partial charge in [-0.2, -0.15) is 13.2 Å². The van der Waals surface area contributed by atoms with E-state index < -0.39 is 11.9 Å². The molecule has 1 N–H and O–H groups in total. The van der Waals surface area contributed by atoms with Crippen LogP contribution < -0.4 is 5.32 Å². The van der Waals surface area contributed by atoms with Crippen LogP contribution in [0.4, 0.5) is 13.2 Å². The Balaban J connectivity index is 1.91. The summed E-state index contributed by atoms with van der Waals surface area (Å²) in [4.78, 5) is 24.2. The highest BCUT2D eigenvalue weighted by molar-refractivity contribution is 7.09. The second kappa shape index (κ2) is 7.03. The molecule has 0 atom stereocenters. The van der Waals surface area contributed by atoms with Crippen LogP contribution in [0.3, 0.4) is 0 Å². The Bertz CT molecular complexity index is 700. The van der Waals surface area contributed by atoms with Crippen molar-refractivity contribution in [3.8, 4) is 0 Å². The number of nitrogens with zero attached hydrogens (tertiary/aromatic N) is 3. The van der Waals surface area contributed by atoms with Gasteiger partial charge in [-0.15, -0.1) is 11.3 Å². The van der Waals surface area contributed by atoms with Gasteiger partial charge in [0, 0.05) is 17.0 Å². The molecular weight excluding hydrogens is 329 g/mol. The number of hydrogen-bond donors (Lipinski definition) is 1. The lowest BCUT2D eigenvalue weighted by Gasteiger charge is -2.09. The van der Waals surface area contributed by atoms with Crippen LogP contribution in [0.25, 0.3) is 0 Å². The lowest BCUT2D eigenvalue weighted by Crippen LogP contribution is -2.25. The minimum Gasteiger partial charge on any atom is -0.349 e. The lowest BCUT2D eigenvalue weighted by atomic mass is 10.2. The zero-order valence-electron chi connectivity index (χ0n) is 12.6. The first-order chi connectivity index (χ1) is 10.8. The van der Waals surface area contributed by atoms with Crippen LogP contribution in [-0.4, -0.2) is 20.9 Å². The first kappa shape index (κ1) is 17.3. The summed E-state index contributed by atoms with van der Waals surface area (Å²) >= 11 is 1.47. The van der Waals surface area contributed by atoms with Crippen molar-refractivity contribution >= 4 is 17.2 Å². The molecule has 0 bridgehead atoms. The first-order valence-corrected chi connectivity index (χ1v) is 7.71. The number of hydrogen-bond acceptors (Lipinski definition) is 5. The largest absolute Gasteiger partial charge is 0.433 e. The summed E-state index contributed by atoms with van der Waals surface area (Å²) in [5.41, 5.74) is 1.80. The van der Waals surface area contributed by atoms with Crippen molar-refractivity contribution in [2.45, 2.75) is 39.4 Å². The molecule has 0 unspecified atom stereocenters. The number of nitrogens with one attached hydrogen (secondary N) is 1. The lowest BCUT2D eigenvalue weighted by molar-refractivity contribution is -0.141. The smallest absolute Gasteiger partial charge is 0.349 e. The predicted octanol–water partition coefficient (Wildman–Crippen LogP) is 2.82. The summed E-state index contributed by atoms with van der Waals surface area (Å²) < 4.78 is 38.0. The molecule has 9 heteroatoms. The summed E-state index contributed by atoms with van der Waals surface area (Å²) in [6.45, 7) is 3.18. The molecule has 0 aliphatic rings. The standard InChI is InChI=1S/C14H15F3N4OS/c1-8-5-11(14(15,16)17)21-12(20-8)6-18-13(22)4-3-10-9(2)19-7-23-10/h5,7H,3-4,6H2,1-2H3,(H,18,22). The summed E-state index contributed by atoms with van der Waals surface area (Å²) in [5, 5.41) is 2.54. The van der Waals surface area contributed by atoms with Gasteiger partial charge in [-0.3, -0.25) is 4.79 Å². The summed E-state index contributed by atoms with van der Waals surface area (Å²) in [6.07, 6.45) is -3.75. The average molecular weight is 344 g/mol. The Kier molecular flexibility index (Phi) is 5.30. The normalized spacial score (nSPS) is 11.5. The van der Waals surface area contributed by atoms with Gasteiger partial charge in [0.05, 0.1) is 17.7 Å². The van der Waals surface area contributed by atoms with Crippen molar-refractivity contribution in [2.24, 2.45) is 0 Å². The van der Waals surface area contributed by atoms with E-state index in [1.165, 1.54) is 18.3 Å². The fourth-order valence-electron chi connectivity index (χ4n) is 1.91. The van der Waals surface area contributed by atoms with E-state index in [0.29, 0.717) is 6.42 Å². The van der Waals surface area contributed by atoms with Gasteiger partial charge in [0.2, 0.25) is 5.91 Å². The van der Waals surface area contributed by atoms with Gasteiger partial charge in [0.25, 0.3) is 0 Å². The molecule has 0 saturated carbocycles. The van der Waals surface area contributed by atoms with Crippen molar-refractivity contribution in [2.75, 3.05) is 0 Å². The maximum Gasteiger partial charge on any atom is 0.433 e. The van der Waals surface area contributed by atoms with Crippen LogP contribution in [0.1, 0.15) is 34.2 Å². The van der Waals surface area contributed by atoms with E-state index in [2.05, 4.69) is 20.3 Å². The SMILES string of the molecule is Cc1cc(C(F)(F)F)nc(CNC(=O)CCc2scnc2C)n1. The Labute approximate surface area is 135 Å². The van der Waals surface area contributed by atoms with Crippen LogP contribution in [0.15, 0.2) is 11.6 Å². The minimum atomic E-state index is -4.53. The second-order valence-electron chi connectivity index (χ2n) is 4.95. The number of amides is 1. The molecule has 124 valence electrons. The molecule has 2 aromatic heterocycles. The molecule has 0 radical (unpaired) electrons.